The Bertz CT molecular complexity index is 783. The van der Waals surface area contributed by atoms with Gasteiger partial charge >= 0.3 is 0 Å². The van der Waals surface area contributed by atoms with Crippen LogP contribution in [0.5, 0.6) is 0 Å². The molecule has 0 aliphatic rings. The van der Waals surface area contributed by atoms with Crippen molar-refractivity contribution in [3.63, 3.8) is 0 Å². The van der Waals surface area contributed by atoms with Crippen LogP contribution in [0.25, 0.3) is 11.4 Å². The summed E-state index contributed by atoms with van der Waals surface area (Å²) in [6.45, 7) is 3.35. The van der Waals surface area contributed by atoms with Crippen LogP contribution in [0.15, 0.2) is 53.1 Å². The summed E-state index contributed by atoms with van der Waals surface area (Å²) < 4.78 is 5.35. The van der Waals surface area contributed by atoms with E-state index in [4.69, 9.17) is 16.1 Å². The van der Waals surface area contributed by atoms with Gasteiger partial charge < -0.3 is 4.52 Å². The molecule has 0 N–H and O–H groups in total. The van der Waals surface area contributed by atoms with E-state index < -0.39 is 0 Å². The van der Waals surface area contributed by atoms with Gasteiger partial charge in [0, 0.05) is 17.1 Å². The van der Waals surface area contributed by atoms with E-state index in [2.05, 4.69) is 22.0 Å². The molecule has 0 aliphatic heterocycles. The molecular weight excluding hydrogens is 310 g/mol. The van der Waals surface area contributed by atoms with Gasteiger partial charge in [-0.2, -0.15) is 4.98 Å². The second-order valence-electron chi connectivity index (χ2n) is 5.64. The van der Waals surface area contributed by atoms with Crippen molar-refractivity contribution in [1.29, 1.82) is 0 Å². The van der Waals surface area contributed by atoms with Gasteiger partial charge in [-0.15, -0.1) is 0 Å². The molecule has 0 radical (unpaired) electrons. The van der Waals surface area contributed by atoms with Crippen LogP contribution in [0.1, 0.15) is 17.0 Å². The molecule has 0 saturated heterocycles. The molecule has 118 valence electrons. The minimum Gasteiger partial charge on any atom is -0.338 e. The molecule has 0 fully saturated rings. The lowest BCUT2D eigenvalue weighted by Gasteiger charge is -2.14. The molecule has 1 aromatic heterocycles. The maximum Gasteiger partial charge on any atom is 0.241 e. The zero-order valence-corrected chi connectivity index (χ0v) is 13.9. The van der Waals surface area contributed by atoms with E-state index in [1.54, 1.807) is 0 Å². The third kappa shape index (κ3) is 3.97. The Hall–Kier alpha value is -2.17. The van der Waals surface area contributed by atoms with Crippen LogP contribution in [0.2, 0.25) is 5.02 Å². The number of hydrogen-bond donors (Lipinski definition) is 0. The van der Waals surface area contributed by atoms with Crippen molar-refractivity contribution >= 4 is 11.6 Å². The zero-order chi connectivity index (χ0) is 16.2. The molecule has 0 unspecified atom stereocenters. The summed E-state index contributed by atoms with van der Waals surface area (Å²) in [6, 6.07) is 15.9. The van der Waals surface area contributed by atoms with Crippen LogP contribution in [-0.4, -0.2) is 22.1 Å². The summed E-state index contributed by atoms with van der Waals surface area (Å²) in [5.74, 6) is 1.21. The van der Waals surface area contributed by atoms with Crippen LogP contribution in [0.4, 0.5) is 0 Å². The van der Waals surface area contributed by atoms with Crippen molar-refractivity contribution in [2.45, 2.75) is 20.0 Å². The Labute approximate surface area is 140 Å². The summed E-state index contributed by atoms with van der Waals surface area (Å²) in [7, 11) is 2.00. The summed E-state index contributed by atoms with van der Waals surface area (Å²) in [5, 5.41) is 4.82. The maximum absolute atomic E-state index is 6.19. The first-order valence-electron chi connectivity index (χ1n) is 7.43. The molecule has 0 spiro atoms. The Kier molecular flexibility index (Phi) is 4.74. The number of halogens is 1. The Morgan fingerprint density at radius 3 is 2.52 bits per heavy atom. The van der Waals surface area contributed by atoms with Gasteiger partial charge in [-0.1, -0.05) is 64.8 Å². The molecule has 0 bridgehead atoms. The average Bonchev–Trinajstić information content (AvgIpc) is 2.98. The molecule has 3 aromatic rings. The molecule has 0 atom stereocenters. The number of nitrogens with zero attached hydrogens (tertiary/aromatic N) is 3. The molecule has 2 aromatic carbocycles. The predicted molar refractivity (Wildman–Crippen MR) is 91.1 cm³/mol. The third-order valence-corrected chi connectivity index (χ3v) is 3.95. The highest BCUT2D eigenvalue weighted by atomic mass is 35.5. The molecule has 1 heterocycles. The van der Waals surface area contributed by atoms with E-state index in [9.17, 15) is 0 Å². The van der Waals surface area contributed by atoms with Crippen molar-refractivity contribution in [1.82, 2.24) is 15.0 Å². The number of aryl methyl sites for hydroxylation is 1. The van der Waals surface area contributed by atoms with Gasteiger partial charge in [0.2, 0.25) is 11.7 Å². The summed E-state index contributed by atoms with van der Waals surface area (Å²) in [6.07, 6.45) is 0. The Morgan fingerprint density at radius 2 is 1.78 bits per heavy atom. The minimum absolute atomic E-state index is 0.573. The second kappa shape index (κ2) is 6.94. The molecule has 4 nitrogen and oxygen atoms in total. The van der Waals surface area contributed by atoms with Gasteiger partial charge in [0.05, 0.1) is 6.54 Å². The molecule has 23 heavy (non-hydrogen) atoms. The molecule has 5 heteroatoms. The summed E-state index contributed by atoms with van der Waals surface area (Å²) >= 11 is 6.19. The highest BCUT2D eigenvalue weighted by molar-refractivity contribution is 6.31. The van der Waals surface area contributed by atoms with Crippen molar-refractivity contribution in [3.8, 4) is 11.4 Å². The fourth-order valence-electron chi connectivity index (χ4n) is 2.34. The van der Waals surface area contributed by atoms with Crippen molar-refractivity contribution in [2.24, 2.45) is 0 Å². The van der Waals surface area contributed by atoms with E-state index in [-0.39, 0.29) is 0 Å². The fourth-order valence-corrected chi connectivity index (χ4v) is 2.54. The number of hydrogen-bond acceptors (Lipinski definition) is 4. The summed E-state index contributed by atoms with van der Waals surface area (Å²) in [5.41, 5.74) is 3.24. The highest BCUT2D eigenvalue weighted by Gasteiger charge is 2.11. The standard InChI is InChI=1S/C18H18ClN3O/c1-13-7-9-14(10-8-13)18-20-17(23-21-18)12-22(2)11-15-5-3-4-6-16(15)19/h3-10H,11-12H2,1-2H3. The van der Waals surface area contributed by atoms with Crippen molar-refractivity contribution in [3.05, 3.63) is 70.6 Å². The van der Waals surface area contributed by atoms with Gasteiger partial charge in [0.25, 0.3) is 0 Å². The molecular formula is C18H18ClN3O. The normalized spacial score (nSPS) is 11.1. The Morgan fingerprint density at radius 1 is 1.04 bits per heavy atom. The lowest BCUT2D eigenvalue weighted by atomic mass is 10.1. The van der Waals surface area contributed by atoms with Crippen molar-refractivity contribution in [2.75, 3.05) is 7.05 Å². The maximum atomic E-state index is 6.19. The molecule has 0 saturated carbocycles. The topological polar surface area (TPSA) is 42.2 Å². The number of benzene rings is 2. The smallest absolute Gasteiger partial charge is 0.241 e. The van der Waals surface area contributed by atoms with Gasteiger partial charge in [-0.3, -0.25) is 4.90 Å². The van der Waals surface area contributed by atoms with Crippen LogP contribution in [0, 0.1) is 6.92 Å². The van der Waals surface area contributed by atoms with Crippen molar-refractivity contribution < 1.29 is 4.52 Å². The van der Waals surface area contributed by atoms with E-state index in [0.29, 0.717) is 18.3 Å². The van der Waals surface area contributed by atoms with E-state index in [1.165, 1.54) is 5.56 Å². The van der Waals surface area contributed by atoms with Crippen LogP contribution < -0.4 is 0 Å². The fraction of sp³-hybridized carbons (Fsp3) is 0.222. The Balaban J connectivity index is 1.67. The van der Waals surface area contributed by atoms with Crippen LogP contribution >= 0.6 is 11.6 Å². The van der Waals surface area contributed by atoms with Gasteiger partial charge in [-0.05, 0) is 25.6 Å². The highest BCUT2D eigenvalue weighted by Crippen LogP contribution is 2.19. The van der Waals surface area contributed by atoms with Gasteiger partial charge in [0.15, 0.2) is 0 Å². The largest absolute Gasteiger partial charge is 0.338 e. The first kappa shape index (κ1) is 15.7. The number of rotatable bonds is 5. The summed E-state index contributed by atoms with van der Waals surface area (Å²) in [4.78, 5) is 6.55. The molecule has 0 aliphatic carbocycles. The zero-order valence-electron chi connectivity index (χ0n) is 13.2. The molecule has 3 rings (SSSR count). The van der Waals surface area contributed by atoms with E-state index in [0.717, 1.165) is 22.7 Å². The molecule has 0 amide bonds. The number of aromatic nitrogens is 2. The van der Waals surface area contributed by atoms with Gasteiger partial charge in [0.1, 0.15) is 0 Å². The van der Waals surface area contributed by atoms with Crippen LogP contribution in [0.3, 0.4) is 0 Å². The first-order valence-corrected chi connectivity index (χ1v) is 7.81. The SMILES string of the molecule is Cc1ccc(-c2noc(CN(C)Cc3ccccc3Cl)n2)cc1. The predicted octanol–water partition coefficient (Wildman–Crippen LogP) is 4.33. The van der Waals surface area contributed by atoms with E-state index in [1.807, 2.05) is 55.6 Å². The average molecular weight is 328 g/mol. The third-order valence-electron chi connectivity index (χ3n) is 3.58. The minimum atomic E-state index is 0.573. The lowest BCUT2D eigenvalue weighted by molar-refractivity contribution is 0.261. The first-order chi connectivity index (χ1) is 11.1. The second-order valence-corrected chi connectivity index (χ2v) is 6.05. The van der Waals surface area contributed by atoms with E-state index >= 15 is 0 Å². The van der Waals surface area contributed by atoms with Crippen LogP contribution in [-0.2, 0) is 13.1 Å². The monoisotopic (exact) mass is 327 g/mol. The lowest BCUT2D eigenvalue weighted by Crippen LogP contribution is -2.17. The van der Waals surface area contributed by atoms with Gasteiger partial charge in [-0.25, -0.2) is 0 Å². The quantitative estimate of drug-likeness (QED) is 0.699.